The summed E-state index contributed by atoms with van der Waals surface area (Å²) < 4.78 is 25.5. The van der Waals surface area contributed by atoms with Crippen molar-refractivity contribution in [1.82, 2.24) is 4.98 Å². The maximum absolute atomic E-state index is 13.6. The first-order valence-corrected chi connectivity index (χ1v) is 12.2. The van der Waals surface area contributed by atoms with Crippen LogP contribution >= 0.6 is 11.3 Å². The van der Waals surface area contributed by atoms with Gasteiger partial charge in [0.1, 0.15) is 17.6 Å². The number of hydrogen-bond donors (Lipinski definition) is 1. The summed E-state index contributed by atoms with van der Waals surface area (Å²) >= 11 is 1.28. The number of rotatable bonds is 5. The van der Waals surface area contributed by atoms with Crippen molar-refractivity contribution in [3.8, 4) is 11.5 Å². The van der Waals surface area contributed by atoms with Crippen LogP contribution in [0.2, 0.25) is 0 Å². The number of para-hydroxylation sites is 1. The van der Waals surface area contributed by atoms with Gasteiger partial charge >= 0.3 is 5.91 Å². The second-order valence-corrected chi connectivity index (χ2v) is 9.69. The zero-order valence-electron chi connectivity index (χ0n) is 20.5. The number of amides is 1. The third-order valence-electron chi connectivity index (χ3n) is 6.31. The molecule has 0 unspecified atom stereocenters. The Bertz CT molecular complexity index is 1590. The fraction of sp³-hybridized carbons (Fsp3) is 0.179. The van der Waals surface area contributed by atoms with Crippen LogP contribution in [0, 0.1) is 19.7 Å². The van der Waals surface area contributed by atoms with Gasteiger partial charge in [0.25, 0.3) is 5.78 Å². The van der Waals surface area contributed by atoms with E-state index in [9.17, 15) is 19.1 Å². The molecule has 0 bridgehead atoms. The summed E-state index contributed by atoms with van der Waals surface area (Å²) in [5.41, 5.74) is 3.18. The first-order chi connectivity index (χ1) is 17.7. The van der Waals surface area contributed by atoms with E-state index in [2.05, 4.69) is 0 Å². The molecule has 1 aromatic heterocycles. The minimum atomic E-state index is -1.07. The Balaban J connectivity index is 1.80. The molecule has 7 nitrogen and oxygen atoms in total. The van der Waals surface area contributed by atoms with Crippen molar-refractivity contribution >= 4 is 44.1 Å². The van der Waals surface area contributed by atoms with Crippen LogP contribution in [0.3, 0.4) is 0 Å². The molecule has 1 atom stereocenters. The lowest BCUT2D eigenvalue weighted by molar-refractivity contribution is -0.132. The van der Waals surface area contributed by atoms with Crippen LogP contribution in [0.15, 0.2) is 60.2 Å². The molecule has 1 amide bonds. The standard InChI is InChI=1S/C28H23FN2O5S/c1-14-12-15(2)22-20(13-14)37-28(30-22)31-23(18-6-5-7-19(35-3)26(18)36-4)21(25(33)27(31)34)24(32)16-8-10-17(29)11-9-16/h5-13,23,32H,1-4H3/b24-21+/t23-/m1/s1. The third kappa shape index (κ3) is 4.01. The fourth-order valence-electron chi connectivity index (χ4n) is 4.68. The number of aliphatic hydroxyl groups is 1. The van der Waals surface area contributed by atoms with Crippen LogP contribution < -0.4 is 14.4 Å². The molecule has 0 radical (unpaired) electrons. The van der Waals surface area contributed by atoms with Crippen LogP contribution in [0.5, 0.6) is 11.5 Å². The average Bonchev–Trinajstić information content (AvgIpc) is 3.42. The largest absolute Gasteiger partial charge is 0.507 e. The van der Waals surface area contributed by atoms with Crippen LogP contribution in [0.1, 0.15) is 28.3 Å². The predicted molar refractivity (Wildman–Crippen MR) is 140 cm³/mol. The summed E-state index contributed by atoms with van der Waals surface area (Å²) in [5, 5.41) is 11.6. The molecule has 1 fully saturated rings. The summed E-state index contributed by atoms with van der Waals surface area (Å²) in [6.45, 7) is 3.91. The van der Waals surface area contributed by atoms with Crippen LogP contribution in [-0.2, 0) is 9.59 Å². The molecule has 0 spiro atoms. The topological polar surface area (TPSA) is 89.0 Å². The van der Waals surface area contributed by atoms with E-state index >= 15 is 0 Å². The first-order valence-electron chi connectivity index (χ1n) is 11.4. The van der Waals surface area contributed by atoms with Crippen molar-refractivity contribution in [2.24, 2.45) is 0 Å². The number of aliphatic hydroxyl groups excluding tert-OH is 1. The monoisotopic (exact) mass is 518 g/mol. The Labute approximate surface area is 216 Å². The molecule has 0 aliphatic carbocycles. The van der Waals surface area contributed by atoms with Gasteiger partial charge in [0, 0.05) is 11.1 Å². The molecule has 9 heteroatoms. The Kier molecular flexibility index (Phi) is 6.16. The van der Waals surface area contributed by atoms with E-state index in [-0.39, 0.29) is 11.1 Å². The lowest BCUT2D eigenvalue weighted by atomic mass is 9.94. The van der Waals surface area contributed by atoms with Crippen molar-refractivity contribution in [3.63, 3.8) is 0 Å². The van der Waals surface area contributed by atoms with Gasteiger partial charge in [-0.15, -0.1) is 0 Å². The first kappa shape index (κ1) is 24.5. The van der Waals surface area contributed by atoms with E-state index in [0.29, 0.717) is 22.2 Å². The van der Waals surface area contributed by atoms with Gasteiger partial charge in [0.15, 0.2) is 16.6 Å². The number of halogens is 1. The highest BCUT2D eigenvalue weighted by Gasteiger charge is 2.49. The lowest BCUT2D eigenvalue weighted by Gasteiger charge is -2.25. The highest BCUT2D eigenvalue weighted by atomic mass is 32.1. The number of carbonyl (C=O) groups excluding carboxylic acids is 2. The molecule has 37 heavy (non-hydrogen) atoms. The van der Waals surface area contributed by atoms with E-state index in [1.54, 1.807) is 18.2 Å². The molecule has 1 aliphatic rings. The van der Waals surface area contributed by atoms with E-state index in [1.165, 1.54) is 54.7 Å². The molecule has 3 aromatic carbocycles. The van der Waals surface area contributed by atoms with E-state index < -0.39 is 29.3 Å². The number of nitrogens with zero attached hydrogens (tertiary/aromatic N) is 2. The number of aromatic nitrogens is 1. The molecule has 5 rings (SSSR count). The highest BCUT2D eigenvalue weighted by Crippen LogP contribution is 2.48. The van der Waals surface area contributed by atoms with Crippen molar-refractivity contribution < 1.29 is 28.6 Å². The van der Waals surface area contributed by atoms with Crippen LogP contribution in [0.25, 0.3) is 16.0 Å². The van der Waals surface area contributed by atoms with Crippen molar-refractivity contribution in [2.75, 3.05) is 19.1 Å². The van der Waals surface area contributed by atoms with Crippen molar-refractivity contribution in [2.45, 2.75) is 19.9 Å². The number of aryl methyl sites for hydroxylation is 2. The average molecular weight is 519 g/mol. The van der Waals surface area contributed by atoms with Crippen LogP contribution in [0.4, 0.5) is 9.52 Å². The minimum absolute atomic E-state index is 0.157. The smallest absolute Gasteiger partial charge is 0.301 e. The molecular formula is C28H23FN2O5S. The number of anilines is 1. The molecule has 4 aromatic rings. The van der Waals surface area contributed by atoms with Gasteiger partial charge in [-0.1, -0.05) is 29.5 Å². The lowest BCUT2D eigenvalue weighted by Crippen LogP contribution is -2.29. The number of carbonyl (C=O) groups is 2. The Morgan fingerprint density at radius 1 is 1.05 bits per heavy atom. The number of benzene rings is 3. The van der Waals surface area contributed by atoms with E-state index in [1.807, 2.05) is 26.0 Å². The maximum Gasteiger partial charge on any atom is 0.301 e. The zero-order chi connectivity index (χ0) is 26.4. The second kappa shape index (κ2) is 9.33. The van der Waals surface area contributed by atoms with Gasteiger partial charge in [-0.2, -0.15) is 0 Å². The molecule has 0 saturated carbocycles. The fourth-order valence-corrected chi connectivity index (χ4v) is 5.84. The number of ether oxygens (including phenoxy) is 2. The van der Waals surface area contributed by atoms with Gasteiger partial charge in [-0.05, 0) is 61.4 Å². The number of ketones is 1. The van der Waals surface area contributed by atoms with Gasteiger partial charge in [0.05, 0.1) is 30.0 Å². The molecular weight excluding hydrogens is 495 g/mol. The summed E-state index contributed by atoms with van der Waals surface area (Å²) in [5.74, 6) is -1.95. The number of thiazole rings is 1. The molecule has 1 aliphatic heterocycles. The van der Waals surface area contributed by atoms with E-state index in [4.69, 9.17) is 14.5 Å². The second-order valence-electron chi connectivity index (χ2n) is 8.68. The summed E-state index contributed by atoms with van der Waals surface area (Å²) in [6.07, 6.45) is 0. The van der Waals surface area contributed by atoms with Gasteiger partial charge in [0.2, 0.25) is 0 Å². The van der Waals surface area contributed by atoms with E-state index in [0.717, 1.165) is 21.3 Å². The number of methoxy groups -OCH3 is 2. The van der Waals surface area contributed by atoms with Gasteiger partial charge < -0.3 is 14.6 Å². The minimum Gasteiger partial charge on any atom is -0.507 e. The maximum atomic E-state index is 13.6. The van der Waals surface area contributed by atoms with Crippen LogP contribution in [-0.4, -0.2) is 36.0 Å². The predicted octanol–water partition coefficient (Wildman–Crippen LogP) is 5.70. The number of fused-ring (bicyclic) bond motifs is 1. The number of Topliss-reactive ketones (excluding diaryl/α,β-unsaturated/α-hetero) is 1. The molecule has 188 valence electrons. The highest BCUT2D eigenvalue weighted by molar-refractivity contribution is 7.22. The van der Waals surface area contributed by atoms with Crippen molar-refractivity contribution in [3.05, 3.63) is 88.2 Å². The Hall–Kier alpha value is -4.24. The molecule has 2 heterocycles. The normalized spacial score (nSPS) is 17.0. The third-order valence-corrected chi connectivity index (χ3v) is 7.32. The molecule has 1 saturated heterocycles. The quantitative estimate of drug-likeness (QED) is 0.207. The number of hydrogen-bond acceptors (Lipinski definition) is 7. The summed E-state index contributed by atoms with van der Waals surface area (Å²) in [4.78, 5) is 33.0. The zero-order valence-corrected chi connectivity index (χ0v) is 21.4. The van der Waals surface area contributed by atoms with Gasteiger partial charge in [-0.25, -0.2) is 9.37 Å². The van der Waals surface area contributed by atoms with Crippen molar-refractivity contribution in [1.29, 1.82) is 0 Å². The SMILES string of the molecule is COc1cccc([C@@H]2/C(=C(\O)c3ccc(F)cc3)C(=O)C(=O)N2c2nc3c(C)cc(C)cc3s2)c1OC. The Morgan fingerprint density at radius 3 is 2.46 bits per heavy atom. The summed E-state index contributed by atoms with van der Waals surface area (Å²) in [6, 6.07) is 13.0. The molecule has 1 N–H and O–H groups in total. The summed E-state index contributed by atoms with van der Waals surface area (Å²) in [7, 11) is 2.94. The van der Waals surface area contributed by atoms with Gasteiger partial charge in [-0.3, -0.25) is 14.5 Å². The Morgan fingerprint density at radius 2 is 1.78 bits per heavy atom.